The zero-order chi connectivity index (χ0) is 10.7. The molecule has 0 aliphatic carbocycles. The molecule has 0 amide bonds. The highest BCUT2D eigenvalue weighted by Crippen LogP contribution is 2.13. The summed E-state index contributed by atoms with van der Waals surface area (Å²) < 4.78 is 0. The Morgan fingerprint density at radius 3 is 2.33 bits per heavy atom. The third-order valence-corrected chi connectivity index (χ3v) is 3.06. The zero-order valence-electron chi connectivity index (χ0n) is 9.29. The molecular weight excluding hydrogens is 184 g/mol. The van der Waals surface area contributed by atoms with E-state index in [1.54, 1.807) is 0 Å². The van der Waals surface area contributed by atoms with Gasteiger partial charge in [0.25, 0.3) is 0 Å². The predicted molar refractivity (Wildman–Crippen MR) is 63.5 cm³/mol. The summed E-state index contributed by atoms with van der Waals surface area (Å²) in [5.41, 5.74) is 2.39. The second-order valence-corrected chi connectivity index (χ2v) is 4.09. The summed E-state index contributed by atoms with van der Waals surface area (Å²) in [7, 11) is 0. The summed E-state index contributed by atoms with van der Waals surface area (Å²) in [6, 6.07) is 8.39. The number of hydrogen-bond acceptors (Lipinski definition) is 1. The van der Waals surface area contributed by atoms with Crippen LogP contribution in [0.5, 0.6) is 0 Å². The number of aryl methyl sites for hydroxylation is 1. The summed E-state index contributed by atoms with van der Waals surface area (Å²) in [5.74, 6) is 0.690. The number of benzene rings is 1. The van der Waals surface area contributed by atoms with Gasteiger partial charge in [-0.05, 0) is 24.8 Å². The monoisotopic (exact) mass is 202 g/mol. The largest absolute Gasteiger partial charge is 0.357 e. The molecule has 1 aromatic carbocycles. The summed E-state index contributed by atoms with van der Waals surface area (Å²) in [6.45, 7) is 4.25. The Labute approximate surface area is 91.4 Å². The van der Waals surface area contributed by atoms with Crippen LogP contribution in [0.3, 0.4) is 0 Å². The molecule has 1 aromatic rings. The lowest BCUT2D eigenvalue weighted by molar-refractivity contribution is 0.517. The SMILES string of the molecule is CCc1ccc(C(=N)N2CCCC2)cc1. The predicted octanol–water partition coefficient (Wildman–Crippen LogP) is 2.67. The molecule has 0 radical (unpaired) electrons. The molecule has 15 heavy (non-hydrogen) atoms. The zero-order valence-corrected chi connectivity index (χ0v) is 9.29. The van der Waals surface area contributed by atoms with E-state index in [2.05, 4.69) is 36.1 Å². The Balaban J connectivity index is 2.11. The Kier molecular flexibility index (Phi) is 3.05. The van der Waals surface area contributed by atoms with Crippen molar-refractivity contribution >= 4 is 5.84 Å². The van der Waals surface area contributed by atoms with Crippen LogP contribution in [0, 0.1) is 5.41 Å². The summed E-state index contributed by atoms with van der Waals surface area (Å²) in [4.78, 5) is 2.17. The second kappa shape index (κ2) is 4.47. The number of hydrogen-bond donors (Lipinski definition) is 1. The highest BCUT2D eigenvalue weighted by molar-refractivity contribution is 5.96. The van der Waals surface area contributed by atoms with Gasteiger partial charge in [0.05, 0.1) is 0 Å². The van der Waals surface area contributed by atoms with Gasteiger partial charge >= 0.3 is 0 Å². The van der Waals surface area contributed by atoms with Crippen LogP contribution in [-0.2, 0) is 6.42 Å². The fourth-order valence-electron chi connectivity index (χ4n) is 2.02. The van der Waals surface area contributed by atoms with Crippen LogP contribution >= 0.6 is 0 Å². The van der Waals surface area contributed by atoms with Gasteiger partial charge in [-0.2, -0.15) is 0 Å². The van der Waals surface area contributed by atoms with Gasteiger partial charge in [0.2, 0.25) is 0 Å². The van der Waals surface area contributed by atoms with E-state index >= 15 is 0 Å². The first kappa shape index (κ1) is 10.2. The number of rotatable bonds is 2. The Bertz CT molecular complexity index is 334. The molecule has 0 saturated carbocycles. The first-order chi connectivity index (χ1) is 7.31. The van der Waals surface area contributed by atoms with Crippen molar-refractivity contribution in [3.63, 3.8) is 0 Å². The quantitative estimate of drug-likeness (QED) is 0.579. The maximum atomic E-state index is 8.08. The molecule has 1 saturated heterocycles. The highest BCUT2D eigenvalue weighted by atomic mass is 15.2. The molecule has 0 spiro atoms. The molecular formula is C13H18N2. The average molecular weight is 202 g/mol. The van der Waals surface area contributed by atoms with Crippen molar-refractivity contribution in [2.75, 3.05) is 13.1 Å². The van der Waals surface area contributed by atoms with Crippen molar-refractivity contribution in [2.45, 2.75) is 26.2 Å². The van der Waals surface area contributed by atoms with Crippen LogP contribution in [0.25, 0.3) is 0 Å². The van der Waals surface area contributed by atoms with Crippen molar-refractivity contribution < 1.29 is 0 Å². The van der Waals surface area contributed by atoms with Gasteiger partial charge in [-0.3, -0.25) is 5.41 Å². The Morgan fingerprint density at radius 1 is 1.20 bits per heavy atom. The van der Waals surface area contributed by atoms with Crippen molar-refractivity contribution in [1.82, 2.24) is 4.90 Å². The molecule has 0 unspecified atom stereocenters. The maximum Gasteiger partial charge on any atom is 0.128 e. The van der Waals surface area contributed by atoms with Gasteiger partial charge in [-0.25, -0.2) is 0 Å². The lowest BCUT2D eigenvalue weighted by atomic mass is 10.1. The van der Waals surface area contributed by atoms with Crippen LogP contribution in [-0.4, -0.2) is 23.8 Å². The van der Waals surface area contributed by atoms with Crippen molar-refractivity contribution in [1.29, 1.82) is 5.41 Å². The van der Waals surface area contributed by atoms with Crippen LogP contribution in [0.1, 0.15) is 30.9 Å². The molecule has 1 aliphatic rings. The van der Waals surface area contributed by atoms with E-state index in [4.69, 9.17) is 5.41 Å². The van der Waals surface area contributed by atoms with E-state index in [-0.39, 0.29) is 0 Å². The average Bonchev–Trinajstić information content (AvgIpc) is 2.82. The van der Waals surface area contributed by atoms with Gasteiger partial charge in [0.1, 0.15) is 5.84 Å². The summed E-state index contributed by atoms with van der Waals surface area (Å²) in [5, 5.41) is 8.08. The third kappa shape index (κ3) is 2.20. The van der Waals surface area contributed by atoms with Crippen molar-refractivity contribution in [3.05, 3.63) is 35.4 Å². The van der Waals surface area contributed by atoms with E-state index in [0.717, 1.165) is 25.1 Å². The lowest BCUT2D eigenvalue weighted by Crippen LogP contribution is -2.27. The summed E-state index contributed by atoms with van der Waals surface area (Å²) in [6.07, 6.45) is 3.53. The number of nitrogens with one attached hydrogen (secondary N) is 1. The number of amidine groups is 1. The topological polar surface area (TPSA) is 27.1 Å². The smallest absolute Gasteiger partial charge is 0.128 e. The molecule has 2 nitrogen and oxygen atoms in total. The number of likely N-dealkylation sites (tertiary alicyclic amines) is 1. The Hall–Kier alpha value is -1.31. The molecule has 1 fully saturated rings. The fourth-order valence-corrected chi connectivity index (χ4v) is 2.02. The van der Waals surface area contributed by atoms with E-state index in [9.17, 15) is 0 Å². The van der Waals surface area contributed by atoms with E-state index < -0.39 is 0 Å². The minimum Gasteiger partial charge on any atom is -0.357 e. The minimum atomic E-state index is 0.690. The highest BCUT2D eigenvalue weighted by Gasteiger charge is 2.15. The molecule has 1 heterocycles. The van der Waals surface area contributed by atoms with Crippen LogP contribution in [0.4, 0.5) is 0 Å². The van der Waals surface area contributed by atoms with Gasteiger partial charge < -0.3 is 4.90 Å². The molecule has 0 atom stereocenters. The van der Waals surface area contributed by atoms with Crippen molar-refractivity contribution in [3.8, 4) is 0 Å². The standard InChI is InChI=1S/C13H18N2/c1-2-11-5-7-12(8-6-11)13(14)15-9-3-4-10-15/h5-8,14H,2-4,9-10H2,1H3. The van der Waals surface area contributed by atoms with Crippen LogP contribution in [0.15, 0.2) is 24.3 Å². The van der Waals surface area contributed by atoms with E-state index in [0.29, 0.717) is 5.84 Å². The molecule has 0 bridgehead atoms. The first-order valence-electron chi connectivity index (χ1n) is 5.74. The van der Waals surface area contributed by atoms with E-state index in [1.807, 2.05) is 0 Å². The van der Waals surface area contributed by atoms with E-state index in [1.165, 1.54) is 18.4 Å². The summed E-state index contributed by atoms with van der Waals surface area (Å²) >= 11 is 0. The third-order valence-electron chi connectivity index (χ3n) is 3.06. The van der Waals surface area contributed by atoms with Crippen molar-refractivity contribution in [2.24, 2.45) is 0 Å². The van der Waals surface area contributed by atoms with Gasteiger partial charge in [0, 0.05) is 18.7 Å². The molecule has 2 heteroatoms. The second-order valence-electron chi connectivity index (χ2n) is 4.09. The van der Waals surface area contributed by atoms with Gasteiger partial charge in [0.15, 0.2) is 0 Å². The lowest BCUT2D eigenvalue weighted by Gasteiger charge is -2.18. The Morgan fingerprint density at radius 2 is 1.80 bits per heavy atom. The molecule has 2 rings (SSSR count). The molecule has 80 valence electrons. The molecule has 1 aliphatic heterocycles. The van der Waals surface area contributed by atoms with Gasteiger partial charge in [-0.15, -0.1) is 0 Å². The van der Waals surface area contributed by atoms with Gasteiger partial charge in [-0.1, -0.05) is 31.2 Å². The normalized spacial score (nSPS) is 15.7. The minimum absolute atomic E-state index is 0.690. The first-order valence-corrected chi connectivity index (χ1v) is 5.74. The molecule has 0 aromatic heterocycles. The maximum absolute atomic E-state index is 8.08. The van der Waals surface area contributed by atoms with Crippen LogP contribution < -0.4 is 0 Å². The fraction of sp³-hybridized carbons (Fsp3) is 0.462. The molecule has 1 N–H and O–H groups in total. The number of nitrogens with zero attached hydrogens (tertiary/aromatic N) is 1. The van der Waals surface area contributed by atoms with Crippen LogP contribution in [0.2, 0.25) is 0 Å².